The van der Waals surface area contributed by atoms with Crippen molar-refractivity contribution in [3.63, 3.8) is 0 Å². The predicted octanol–water partition coefficient (Wildman–Crippen LogP) is 3.76. The van der Waals surface area contributed by atoms with Gasteiger partial charge in [-0.2, -0.15) is 5.10 Å². The predicted molar refractivity (Wildman–Crippen MR) is 126 cm³/mol. The Bertz CT molecular complexity index is 1220. The van der Waals surface area contributed by atoms with Crippen LogP contribution in [0.1, 0.15) is 47.8 Å². The summed E-state index contributed by atoms with van der Waals surface area (Å²) in [5, 5.41) is 18.2. The number of nitrogens with one attached hydrogen (secondary N) is 2. The Hall–Kier alpha value is -4.14. The molecule has 0 saturated carbocycles. The van der Waals surface area contributed by atoms with Crippen LogP contribution in [-0.2, 0) is 16.6 Å². The molecule has 9 nitrogen and oxygen atoms in total. The van der Waals surface area contributed by atoms with Gasteiger partial charge in [-0.1, -0.05) is 48.5 Å². The van der Waals surface area contributed by atoms with Crippen molar-refractivity contribution in [1.29, 1.82) is 0 Å². The van der Waals surface area contributed by atoms with Crippen LogP contribution in [0.2, 0.25) is 0 Å². The number of amides is 2. The molecule has 176 valence electrons. The minimum absolute atomic E-state index is 0.0508. The molecule has 0 radical (unpaired) electrons. The summed E-state index contributed by atoms with van der Waals surface area (Å²) in [6.45, 7) is 3.59. The van der Waals surface area contributed by atoms with Gasteiger partial charge in [0.1, 0.15) is 12.4 Å². The van der Waals surface area contributed by atoms with Crippen LogP contribution in [0, 0.1) is 0 Å². The van der Waals surface area contributed by atoms with E-state index >= 15 is 0 Å². The van der Waals surface area contributed by atoms with E-state index in [0.29, 0.717) is 0 Å². The smallest absolute Gasteiger partial charge is 0.407 e. The minimum atomic E-state index is -1.19. The summed E-state index contributed by atoms with van der Waals surface area (Å²) in [7, 11) is 1.53. The molecular weight excluding hydrogens is 436 g/mol. The van der Waals surface area contributed by atoms with E-state index in [9.17, 15) is 14.4 Å². The standard InChI is InChI=1S/C25H26N4O5/c1-25(2,13-22(30)26-21-12-20(23(31)32)28-29(21)3)27-24(33)34-14-19-17-10-6-4-8-15(17)16-9-5-7-11-18(16)19/h4-12,19H,13-14H2,1-3H3,(H,26,30)(H,27,33)(H,31,32). The van der Waals surface area contributed by atoms with Crippen molar-refractivity contribution in [2.45, 2.75) is 31.7 Å². The summed E-state index contributed by atoms with van der Waals surface area (Å²) in [4.78, 5) is 36.1. The lowest BCUT2D eigenvalue weighted by Crippen LogP contribution is -2.46. The summed E-state index contributed by atoms with van der Waals surface area (Å²) in [6.07, 6.45) is -0.668. The van der Waals surface area contributed by atoms with Crippen LogP contribution in [0.25, 0.3) is 11.1 Å². The van der Waals surface area contributed by atoms with Gasteiger partial charge in [0.25, 0.3) is 0 Å². The monoisotopic (exact) mass is 462 g/mol. The number of nitrogens with zero attached hydrogens (tertiary/aromatic N) is 2. The Kier molecular flexibility index (Phi) is 6.10. The Balaban J connectivity index is 1.35. The number of benzene rings is 2. The second-order valence-corrected chi connectivity index (χ2v) is 8.90. The normalized spacial score (nSPS) is 12.6. The summed E-state index contributed by atoms with van der Waals surface area (Å²) >= 11 is 0. The van der Waals surface area contributed by atoms with E-state index in [0.717, 1.165) is 22.3 Å². The third kappa shape index (κ3) is 4.78. The molecule has 9 heteroatoms. The summed E-state index contributed by atoms with van der Waals surface area (Å²) < 4.78 is 6.83. The average Bonchev–Trinajstić information content (AvgIpc) is 3.29. The molecule has 0 atom stereocenters. The van der Waals surface area contributed by atoms with E-state index in [4.69, 9.17) is 9.84 Å². The Morgan fingerprint density at radius 1 is 1.06 bits per heavy atom. The second kappa shape index (κ2) is 9.01. The van der Waals surface area contributed by atoms with Gasteiger partial charge in [-0.15, -0.1) is 0 Å². The highest BCUT2D eigenvalue weighted by molar-refractivity contribution is 5.93. The molecule has 2 amide bonds. The number of carbonyl (C=O) groups excluding carboxylic acids is 2. The van der Waals surface area contributed by atoms with Crippen LogP contribution in [-0.4, -0.2) is 45.0 Å². The quantitative estimate of drug-likeness (QED) is 0.491. The van der Waals surface area contributed by atoms with E-state index in [-0.39, 0.29) is 30.5 Å². The number of carboxylic acids is 1. The zero-order valence-electron chi connectivity index (χ0n) is 19.2. The number of aromatic carboxylic acids is 1. The van der Waals surface area contributed by atoms with Crippen molar-refractivity contribution >= 4 is 23.8 Å². The molecule has 3 aromatic rings. The number of aryl methyl sites for hydroxylation is 1. The molecule has 0 fully saturated rings. The van der Waals surface area contributed by atoms with E-state index in [2.05, 4.69) is 27.9 Å². The van der Waals surface area contributed by atoms with Crippen LogP contribution in [0.4, 0.5) is 10.6 Å². The van der Waals surface area contributed by atoms with Crippen LogP contribution in [0.5, 0.6) is 0 Å². The van der Waals surface area contributed by atoms with Gasteiger partial charge in [0, 0.05) is 31.0 Å². The van der Waals surface area contributed by atoms with Crippen molar-refractivity contribution in [1.82, 2.24) is 15.1 Å². The molecule has 0 spiro atoms. The average molecular weight is 463 g/mol. The number of rotatable bonds is 7. The molecule has 0 unspecified atom stereocenters. The third-order valence-corrected chi connectivity index (χ3v) is 5.75. The van der Waals surface area contributed by atoms with Crippen LogP contribution >= 0.6 is 0 Å². The number of hydrogen-bond acceptors (Lipinski definition) is 5. The molecule has 1 aliphatic carbocycles. The van der Waals surface area contributed by atoms with Crippen molar-refractivity contribution < 1.29 is 24.2 Å². The highest BCUT2D eigenvalue weighted by atomic mass is 16.5. The van der Waals surface area contributed by atoms with E-state index in [1.807, 2.05) is 36.4 Å². The molecular formula is C25H26N4O5. The van der Waals surface area contributed by atoms with E-state index in [1.54, 1.807) is 13.8 Å². The van der Waals surface area contributed by atoms with Crippen molar-refractivity contribution in [2.24, 2.45) is 7.05 Å². The van der Waals surface area contributed by atoms with Gasteiger partial charge in [-0.25, -0.2) is 9.59 Å². The Labute approximate surface area is 196 Å². The maximum Gasteiger partial charge on any atom is 0.407 e. The molecule has 1 heterocycles. The third-order valence-electron chi connectivity index (χ3n) is 5.75. The number of alkyl carbamates (subject to hydrolysis) is 1. The minimum Gasteiger partial charge on any atom is -0.476 e. The first-order valence-corrected chi connectivity index (χ1v) is 10.8. The van der Waals surface area contributed by atoms with E-state index < -0.39 is 23.5 Å². The maximum atomic E-state index is 12.6. The van der Waals surface area contributed by atoms with E-state index in [1.165, 1.54) is 17.8 Å². The van der Waals surface area contributed by atoms with Crippen molar-refractivity contribution in [3.05, 3.63) is 71.4 Å². The molecule has 0 aliphatic heterocycles. The molecule has 34 heavy (non-hydrogen) atoms. The first kappa shape index (κ1) is 23.0. The topological polar surface area (TPSA) is 123 Å². The zero-order chi connectivity index (χ0) is 24.5. The number of fused-ring (bicyclic) bond motifs is 3. The van der Waals surface area contributed by atoms with Gasteiger partial charge < -0.3 is 20.5 Å². The van der Waals surface area contributed by atoms with Crippen LogP contribution in [0.15, 0.2) is 54.6 Å². The van der Waals surface area contributed by atoms with Gasteiger partial charge in [0.15, 0.2) is 5.69 Å². The molecule has 0 saturated heterocycles. The first-order chi connectivity index (χ1) is 16.1. The summed E-state index contributed by atoms with van der Waals surface area (Å²) in [5.41, 5.74) is 3.45. The molecule has 2 aromatic carbocycles. The van der Waals surface area contributed by atoms with Gasteiger partial charge in [0.2, 0.25) is 5.91 Å². The van der Waals surface area contributed by atoms with Gasteiger partial charge in [-0.05, 0) is 36.1 Å². The second-order valence-electron chi connectivity index (χ2n) is 8.90. The number of ether oxygens (including phenoxy) is 1. The van der Waals surface area contributed by atoms with Crippen LogP contribution in [0.3, 0.4) is 0 Å². The van der Waals surface area contributed by atoms with Gasteiger partial charge >= 0.3 is 12.1 Å². The van der Waals surface area contributed by atoms with Gasteiger partial charge in [-0.3, -0.25) is 9.48 Å². The SMILES string of the molecule is Cn1nc(C(=O)O)cc1NC(=O)CC(C)(C)NC(=O)OCC1c2ccccc2-c2ccccc21. The molecule has 4 rings (SSSR count). The Morgan fingerprint density at radius 3 is 2.21 bits per heavy atom. The number of hydrogen-bond donors (Lipinski definition) is 3. The molecule has 1 aliphatic rings. The number of carboxylic acid groups (broad SMARTS) is 1. The van der Waals surface area contributed by atoms with Gasteiger partial charge in [0.05, 0.1) is 0 Å². The molecule has 0 bridgehead atoms. The van der Waals surface area contributed by atoms with Crippen molar-refractivity contribution in [3.8, 4) is 11.1 Å². The highest BCUT2D eigenvalue weighted by Gasteiger charge is 2.30. The number of carbonyl (C=O) groups is 3. The fourth-order valence-corrected chi connectivity index (χ4v) is 4.23. The zero-order valence-corrected chi connectivity index (χ0v) is 19.2. The largest absolute Gasteiger partial charge is 0.476 e. The first-order valence-electron chi connectivity index (χ1n) is 10.8. The highest BCUT2D eigenvalue weighted by Crippen LogP contribution is 2.44. The number of aromatic nitrogens is 2. The van der Waals surface area contributed by atoms with Crippen LogP contribution < -0.4 is 10.6 Å². The lowest BCUT2D eigenvalue weighted by molar-refractivity contribution is -0.117. The number of anilines is 1. The maximum absolute atomic E-state index is 12.6. The fourth-order valence-electron chi connectivity index (χ4n) is 4.23. The van der Waals surface area contributed by atoms with Crippen molar-refractivity contribution in [2.75, 3.05) is 11.9 Å². The lowest BCUT2D eigenvalue weighted by Gasteiger charge is -2.25. The lowest BCUT2D eigenvalue weighted by atomic mass is 9.98. The Morgan fingerprint density at radius 2 is 1.65 bits per heavy atom. The summed E-state index contributed by atoms with van der Waals surface area (Å²) in [6, 6.07) is 17.4. The molecule has 1 aromatic heterocycles. The summed E-state index contributed by atoms with van der Waals surface area (Å²) in [5.74, 6) is -1.39. The molecule has 3 N–H and O–H groups in total. The fraction of sp³-hybridized carbons (Fsp3) is 0.280.